The molecule has 0 aliphatic carbocycles. The van der Waals surface area contributed by atoms with E-state index in [0.717, 1.165) is 21.7 Å². The van der Waals surface area contributed by atoms with Crippen molar-refractivity contribution in [2.45, 2.75) is 5.75 Å². The SMILES string of the molecule is CS(=O)(=O)Cc1nc(-c2ccccc2)c(-c2ccccc2)s1. The Morgan fingerprint density at radius 2 is 1.45 bits per heavy atom. The van der Waals surface area contributed by atoms with E-state index in [9.17, 15) is 8.42 Å². The summed E-state index contributed by atoms with van der Waals surface area (Å²) in [7, 11) is -3.10. The van der Waals surface area contributed by atoms with E-state index in [-0.39, 0.29) is 5.75 Å². The van der Waals surface area contributed by atoms with Gasteiger partial charge in [0.15, 0.2) is 9.84 Å². The first-order chi connectivity index (χ1) is 10.5. The average molecular weight is 329 g/mol. The van der Waals surface area contributed by atoms with Crippen LogP contribution >= 0.6 is 11.3 Å². The maximum Gasteiger partial charge on any atom is 0.153 e. The highest BCUT2D eigenvalue weighted by Crippen LogP contribution is 2.37. The summed E-state index contributed by atoms with van der Waals surface area (Å²) in [6.07, 6.45) is 1.23. The number of hydrogen-bond donors (Lipinski definition) is 0. The minimum absolute atomic E-state index is 0.0235. The summed E-state index contributed by atoms with van der Waals surface area (Å²) < 4.78 is 23.1. The van der Waals surface area contributed by atoms with E-state index in [1.807, 2.05) is 60.7 Å². The van der Waals surface area contributed by atoms with E-state index < -0.39 is 9.84 Å². The molecule has 0 saturated heterocycles. The van der Waals surface area contributed by atoms with Gasteiger partial charge in [0.2, 0.25) is 0 Å². The van der Waals surface area contributed by atoms with Gasteiger partial charge in [-0.15, -0.1) is 11.3 Å². The molecule has 22 heavy (non-hydrogen) atoms. The Balaban J connectivity index is 2.15. The van der Waals surface area contributed by atoms with Crippen molar-refractivity contribution in [1.82, 2.24) is 4.98 Å². The van der Waals surface area contributed by atoms with Crippen LogP contribution < -0.4 is 0 Å². The molecule has 1 aromatic heterocycles. The van der Waals surface area contributed by atoms with Crippen molar-refractivity contribution < 1.29 is 8.42 Å². The number of sulfone groups is 1. The van der Waals surface area contributed by atoms with Crippen molar-refractivity contribution in [3.8, 4) is 21.7 Å². The lowest BCUT2D eigenvalue weighted by atomic mass is 10.1. The number of nitrogens with zero attached hydrogens (tertiary/aromatic N) is 1. The normalized spacial score (nSPS) is 11.5. The van der Waals surface area contributed by atoms with Crippen molar-refractivity contribution >= 4 is 21.2 Å². The average Bonchev–Trinajstić information content (AvgIpc) is 2.91. The molecule has 0 aliphatic heterocycles. The molecule has 3 rings (SSSR count). The lowest BCUT2D eigenvalue weighted by Crippen LogP contribution is -1.99. The van der Waals surface area contributed by atoms with Crippen LogP contribution in [0.4, 0.5) is 0 Å². The van der Waals surface area contributed by atoms with Gasteiger partial charge in [-0.05, 0) is 5.56 Å². The molecule has 0 atom stereocenters. The first-order valence-corrected chi connectivity index (χ1v) is 9.69. The predicted octanol–water partition coefficient (Wildman–Crippen LogP) is 4.02. The third-order valence-electron chi connectivity index (χ3n) is 3.14. The first kappa shape index (κ1) is 14.9. The molecule has 0 fully saturated rings. The molecular formula is C17H15NO2S2. The Morgan fingerprint density at radius 1 is 0.909 bits per heavy atom. The van der Waals surface area contributed by atoms with Gasteiger partial charge in [0.25, 0.3) is 0 Å². The molecule has 0 bridgehead atoms. The van der Waals surface area contributed by atoms with Crippen molar-refractivity contribution in [1.29, 1.82) is 0 Å². The minimum Gasteiger partial charge on any atom is -0.239 e. The number of thiazole rings is 1. The van der Waals surface area contributed by atoms with Gasteiger partial charge in [-0.2, -0.15) is 0 Å². The fraction of sp³-hybridized carbons (Fsp3) is 0.118. The zero-order chi connectivity index (χ0) is 15.6. The molecular weight excluding hydrogens is 314 g/mol. The number of aromatic nitrogens is 1. The highest BCUT2D eigenvalue weighted by atomic mass is 32.2. The van der Waals surface area contributed by atoms with Crippen molar-refractivity contribution in [3.05, 3.63) is 65.7 Å². The quantitative estimate of drug-likeness (QED) is 0.726. The lowest BCUT2D eigenvalue weighted by Gasteiger charge is -2.02. The van der Waals surface area contributed by atoms with Crippen LogP contribution in [-0.4, -0.2) is 19.7 Å². The van der Waals surface area contributed by atoms with Crippen molar-refractivity contribution in [2.75, 3.05) is 6.26 Å². The smallest absolute Gasteiger partial charge is 0.153 e. The number of rotatable bonds is 4. The molecule has 0 amide bonds. The monoisotopic (exact) mass is 329 g/mol. The number of benzene rings is 2. The summed E-state index contributed by atoms with van der Waals surface area (Å²) in [5.74, 6) is -0.0235. The van der Waals surface area contributed by atoms with E-state index in [2.05, 4.69) is 4.98 Å². The maximum atomic E-state index is 11.6. The summed E-state index contributed by atoms with van der Waals surface area (Å²) in [6.45, 7) is 0. The third kappa shape index (κ3) is 3.43. The van der Waals surface area contributed by atoms with Crippen molar-refractivity contribution in [3.63, 3.8) is 0 Å². The van der Waals surface area contributed by atoms with E-state index in [1.54, 1.807) is 0 Å². The van der Waals surface area contributed by atoms with Gasteiger partial charge < -0.3 is 0 Å². The molecule has 3 nitrogen and oxygen atoms in total. The molecule has 5 heteroatoms. The zero-order valence-corrected chi connectivity index (χ0v) is 13.7. The Labute approximate surface area is 134 Å². The first-order valence-electron chi connectivity index (χ1n) is 6.81. The lowest BCUT2D eigenvalue weighted by molar-refractivity contribution is 0.601. The molecule has 1 heterocycles. The van der Waals surface area contributed by atoms with Gasteiger partial charge >= 0.3 is 0 Å². The fourth-order valence-corrected chi connectivity index (χ4v) is 4.51. The summed E-state index contributed by atoms with van der Waals surface area (Å²) in [4.78, 5) is 5.59. The molecule has 0 unspecified atom stereocenters. The van der Waals surface area contributed by atoms with Crippen LogP contribution in [0.5, 0.6) is 0 Å². The molecule has 0 spiro atoms. The Kier molecular flexibility index (Phi) is 4.09. The second-order valence-electron chi connectivity index (χ2n) is 5.09. The van der Waals surface area contributed by atoms with E-state index in [4.69, 9.17) is 0 Å². The van der Waals surface area contributed by atoms with E-state index >= 15 is 0 Å². The highest BCUT2D eigenvalue weighted by Gasteiger charge is 2.17. The standard InChI is InChI=1S/C17H15NO2S2/c1-22(19,20)12-15-18-16(13-8-4-2-5-9-13)17(21-15)14-10-6-3-7-11-14/h2-11H,12H2,1H3. The Hall–Kier alpha value is -1.98. The van der Waals surface area contributed by atoms with Crippen LogP contribution in [0.2, 0.25) is 0 Å². The van der Waals surface area contributed by atoms with Gasteiger partial charge in [-0.25, -0.2) is 13.4 Å². The van der Waals surface area contributed by atoms with E-state index in [1.165, 1.54) is 17.6 Å². The van der Waals surface area contributed by atoms with Gasteiger partial charge in [0.05, 0.1) is 10.6 Å². The van der Waals surface area contributed by atoms with Gasteiger partial charge in [-0.1, -0.05) is 60.7 Å². The Bertz CT molecular complexity index is 813. The third-order valence-corrected chi connectivity index (χ3v) is 5.23. The molecule has 3 aromatic rings. The molecule has 0 radical (unpaired) electrons. The minimum atomic E-state index is -3.10. The highest BCUT2D eigenvalue weighted by molar-refractivity contribution is 7.90. The summed E-state index contributed by atoms with van der Waals surface area (Å²) >= 11 is 1.44. The largest absolute Gasteiger partial charge is 0.239 e. The second kappa shape index (κ2) is 6.02. The van der Waals surface area contributed by atoms with Crippen LogP contribution in [0, 0.1) is 0 Å². The van der Waals surface area contributed by atoms with Crippen LogP contribution in [0.1, 0.15) is 5.01 Å². The van der Waals surface area contributed by atoms with Gasteiger partial charge in [-0.3, -0.25) is 0 Å². The van der Waals surface area contributed by atoms with Gasteiger partial charge in [0.1, 0.15) is 10.8 Å². The molecule has 2 aromatic carbocycles. The van der Waals surface area contributed by atoms with Gasteiger partial charge in [0, 0.05) is 11.8 Å². The van der Waals surface area contributed by atoms with Crippen LogP contribution in [0.15, 0.2) is 60.7 Å². The molecule has 0 aliphatic rings. The predicted molar refractivity (Wildman–Crippen MR) is 91.5 cm³/mol. The Morgan fingerprint density at radius 3 is 2.00 bits per heavy atom. The summed E-state index contributed by atoms with van der Waals surface area (Å²) in [5, 5.41) is 0.625. The van der Waals surface area contributed by atoms with Crippen LogP contribution in [-0.2, 0) is 15.6 Å². The molecule has 0 N–H and O–H groups in total. The molecule has 0 saturated carbocycles. The van der Waals surface area contributed by atoms with Crippen LogP contribution in [0.25, 0.3) is 21.7 Å². The fourth-order valence-electron chi connectivity index (χ4n) is 2.23. The topological polar surface area (TPSA) is 47.0 Å². The van der Waals surface area contributed by atoms with E-state index in [0.29, 0.717) is 5.01 Å². The zero-order valence-electron chi connectivity index (χ0n) is 12.1. The van der Waals surface area contributed by atoms with Crippen LogP contribution in [0.3, 0.4) is 0 Å². The number of hydrogen-bond acceptors (Lipinski definition) is 4. The summed E-state index contributed by atoms with van der Waals surface area (Å²) in [6, 6.07) is 19.8. The summed E-state index contributed by atoms with van der Waals surface area (Å²) in [5.41, 5.74) is 2.89. The second-order valence-corrected chi connectivity index (χ2v) is 8.31. The maximum absolute atomic E-state index is 11.6. The molecule has 112 valence electrons. The van der Waals surface area contributed by atoms with Crippen molar-refractivity contribution in [2.24, 2.45) is 0 Å².